The first kappa shape index (κ1) is 82.3. The molecule has 0 saturated heterocycles. The Morgan fingerprint density at radius 3 is 0.477 bits per heavy atom. The summed E-state index contributed by atoms with van der Waals surface area (Å²) in [5.41, 5.74) is 8.76. The van der Waals surface area contributed by atoms with E-state index in [-0.39, 0.29) is 0 Å². The molecule has 0 unspecified atom stereocenters. The summed E-state index contributed by atoms with van der Waals surface area (Å²) in [4.78, 5) is 0. The summed E-state index contributed by atoms with van der Waals surface area (Å²) >= 11 is 0. The summed E-state index contributed by atoms with van der Waals surface area (Å²) in [5.74, 6) is 3.34. The normalized spacial score (nSPS) is 14.4. The number of hydrogen-bond acceptors (Lipinski definition) is 8. The summed E-state index contributed by atoms with van der Waals surface area (Å²) in [6.45, 7) is 8.32. The van der Waals surface area contributed by atoms with E-state index < -0.39 is 31.2 Å². The molecular weight excluding hydrogens is 1330 g/mol. The fraction of sp³-hybridized carbons (Fsp3) is 0.250. The van der Waals surface area contributed by atoms with Crippen molar-refractivity contribution in [3.8, 4) is 69.5 Å². The maximum absolute atomic E-state index is 10.7. The number of aromatic nitrogens is 4. The minimum absolute atomic E-state index is 0.651. The van der Waals surface area contributed by atoms with E-state index in [2.05, 4.69) is 141 Å². The second kappa shape index (κ2) is 27.7. The molecule has 496 valence electrons. The molecular formula is C48H52F24N8O4P4. The number of methoxy groups -OCH3 is 4. The number of benzene rings is 2. The molecule has 2 aromatic carbocycles. The van der Waals surface area contributed by atoms with Gasteiger partial charge in [0.15, 0.2) is 75.8 Å². The maximum atomic E-state index is 9.87. The molecule has 0 spiro atoms. The van der Waals surface area contributed by atoms with Gasteiger partial charge in [-0.15, -0.1) is 0 Å². The van der Waals surface area contributed by atoms with Crippen molar-refractivity contribution in [2.24, 2.45) is 0 Å². The monoisotopic (exact) mass is 1380 g/mol. The number of halogens is 24. The van der Waals surface area contributed by atoms with Crippen LogP contribution in [0.2, 0.25) is 0 Å². The van der Waals surface area contributed by atoms with Gasteiger partial charge in [0.2, 0.25) is 0 Å². The summed E-state index contributed by atoms with van der Waals surface area (Å²) in [6, 6.07) is 32.5. The first-order chi connectivity index (χ1) is 39.0. The predicted octanol–water partition coefficient (Wildman–Crippen LogP) is 20.4. The molecule has 6 aromatic rings. The van der Waals surface area contributed by atoms with E-state index in [9.17, 15) is 101 Å². The number of nitrogens with zero attached hydrogens (tertiary/aromatic N) is 8. The van der Waals surface area contributed by atoms with Gasteiger partial charge in [0, 0.05) is 76.2 Å². The summed E-state index contributed by atoms with van der Waals surface area (Å²) in [7, 11) is -35.7. The van der Waals surface area contributed by atoms with E-state index in [0.717, 1.165) is 67.5 Å². The van der Waals surface area contributed by atoms with Gasteiger partial charge >= 0.3 is 132 Å². The van der Waals surface area contributed by atoms with Crippen molar-refractivity contribution < 1.29 is 138 Å². The first-order valence-corrected chi connectivity index (χ1v) is 31.0. The standard InChI is InChI=1S/C40H40N4O4.4C2H3N.4F6P/c1-45-37-21-34-26-42-15-7-30(8-16-42)32-11-19-44(20-12-32)28-36-24-39(47-3)35(23-40(36)48-4)27-43-17-9-31(10-18-43)29-5-13-41(14-6-29)25-33(37)22-38(34)46-2;4*1-2-3;4*1-7(2,3,4,5)6/h5-24H,25-28H2,1-4H3;4*1H3;;;;/q+4;;;;;4*-1. The van der Waals surface area contributed by atoms with Crippen LogP contribution in [0.25, 0.3) is 22.3 Å². The molecule has 40 heteroatoms. The van der Waals surface area contributed by atoms with Crippen LogP contribution < -0.4 is 37.2 Å². The van der Waals surface area contributed by atoms with Gasteiger partial charge in [-0.1, -0.05) is 0 Å². The molecule has 0 amide bonds. The molecule has 0 fully saturated rings. The van der Waals surface area contributed by atoms with Crippen LogP contribution in [0.15, 0.2) is 122 Å². The average Bonchev–Trinajstić information content (AvgIpc) is 3.32. The van der Waals surface area contributed by atoms with Gasteiger partial charge in [-0.05, 0) is 46.5 Å². The third-order valence-corrected chi connectivity index (χ3v) is 9.01. The molecule has 88 heavy (non-hydrogen) atoms. The minimum atomic E-state index is -10.7. The van der Waals surface area contributed by atoms with Crippen LogP contribution in [0.5, 0.6) is 23.0 Å². The third kappa shape index (κ3) is 50.4. The fourth-order valence-electron chi connectivity index (χ4n) is 6.35. The van der Waals surface area contributed by atoms with Crippen molar-refractivity contribution in [1.82, 2.24) is 0 Å². The molecule has 0 aliphatic carbocycles. The van der Waals surface area contributed by atoms with Gasteiger partial charge < -0.3 is 18.9 Å². The number of nitriles is 4. The molecule has 0 radical (unpaired) electrons. The van der Waals surface area contributed by atoms with E-state index in [1.165, 1.54) is 27.7 Å². The van der Waals surface area contributed by atoms with Crippen LogP contribution in [0.4, 0.5) is 101 Å². The number of ether oxygens (including phenoxy) is 4. The second-order valence-corrected chi connectivity index (χ2v) is 24.4. The van der Waals surface area contributed by atoms with Crippen LogP contribution in [0.3, 0.4) is 0 Å². The molecule has 12 bridgehead atoms. The van der Waals surface area contributed by atoms with Crippen molar-refractivity contribution >= 4 is 31.2 Å². The number of hydrogen-bond donors (Lipinski definition) is 0. The Kier molecular flexibility index (Phi) is 25.9. The Bertz CT molecular complexity index is 2930. The van der Waals surface area contributed by atoms with Gasteiger partial charge in [-0.3, -0.25) is 0 Å². The molecule has 4 aromatic heterocycles. The van der Waals surface area contributed by atoms with E-state index in [4.69, 9.17) is 40.0 Å². The predicted molar refractivity (Wildman–Crippen MR) is 279 cm³/mol. The van der Waals surface area contributed by atoms with E-state index in [1.54, 1.807) is 52.7 Å². The number of rotatable bonds is 4. The van der Waals surface area contributed by atoms with Crippen LogP contribution in [0.1, 0.15) is 49.9 Å². The molecule has 16 aliphatic rings. The Morgan fingerprint density at radius 2 is 0.386 bits per heavy atom. The van der Waals surface area contributed by atoms with Gasteiger partial charge in [-0.25, -0.2) is 18.3 Å². The van der Waals surface area contributed by atoms with Crippen LogP contribution in [0, 0.1) is 45.3 Å². The van der Waals surface area contributed by atoms with Crippen molar-refractivity contribution in [3.05, 3.63) is 145 Å². The second-order valence-electron chi connectivity index (χ2n) is 16.7. The first-order valence-electron chi connectivity index (χ1n) is 22.9. The Labute approximate surface area is 485 Å². The molecule has 0 atom stereocenters. The Morgan fingerprint density at radius 1 is 0.284 bits per heavy atom. The zero-order valence-electron chi connectivity index (χ0n) is 46.4. The number of pyridine rings is 4. The van der Waals surface area contributed by atoms with E-state index >= 15 is 0 Å². The van der Waals surface area contributed by atoms with Crippen molar-refractivity contribution in [2.45, 2.75) is 53.9 Å². The van der Waals surface area contributed by atoms with Gasteiger partial charge in [0.25, 0.3) is 0 Å². The summed E-state index contributed by atoms with van der Waals surface area (Å²) in [5, 5.41) is 29.3. The SMILES string of the molecule is CC#N.CC#N.CC#N.CC#N.COc1cc2c(OC)cc1C[n+]1ccc(cc1)-c1cc[n+](cc1)Cc1cc(OC)c(cc1OC)C[n+]1ccc(cc1)-c1cc[n+](cc1)C2.F[P-](F)(F)(F)(F)F.F[P-](F)(F)(F)(F)F.F[P-](F)(F)(F)(F)F.F[P-](F)(F)(F)(F)F. The zero-order valence-corrected chi connectivity index (χ0v) is 50.0. The van der Waals surface area contributed by atoms with Gasteiger partial charge in [0.05, 0.1) is 75.0 Å². The Hall–Kier alpha value is -7.76. The van der Waals surface area contributed by atoms with Crippen LogP contribution in [-0.2, 0) is 26.2 Å². The third-order valence-electron chi connectivity index (χ3n) is 9.01. The van der Waals surface area contributed by atoms with Crippen molar-refractivity contribution in [1.29, 1.82) is 21.0 Å². The van der Waals surface area contributed by atoms with Crippen LogP contribution in [-0.4, -0.2) is 28.4 Å². The molecule has 22 rings (SSSR count). The molecule has 20 heterocycles. The van der Waals surface area contributed by atoms with Crippen LogP contribution >= 0.6 is 31.2 Å². The summed E-state index contributed by atoms with van der Waals surface area (Å²) < 4.78 is 269. The zero-order chi connectivity index (χ0) is 69.5. The van der Waals surface area contributed by atoms with E-state index in [0.29, 0.717) is 26.2 Å². The quantitative estimate of drug-likeness (QED) is 0.0961. The fourth-order valence-corrected chi connectivity index (χ4v) is 6.35. The molecule has 12 nitrogen and oxygen atoms in total. The molecule has 16 aliphatic heterocycles. The molecule has 0 N–H and O–H groups in total. The van der Waals surface area contributed by atoms with Crippen molar-refractivity contribution in [2.75, 3.05) is 28.4 Å². The molecule has 0 saturated carbocycles. The average molecular weight is 1380 g/mol. The van der Waals surface area contributed by atoms with Gasteiger partial charge in [-0.2, -0.15) is 21.0 Å². The van der Waals surface area contributed by atoms with E-state index in [1.807, 2.05) is 0 Å². The topological polar surface area (TPSA) is 148 Å². The Balaban J connectivity index is 0. The van der Waals surface area contributed by atoms with Gasteiger partial charge in [0.1, 0.15) is 23.0 Å². The van der Waals surface area contributed by atoms with Crippen molar-refractivity contribution in [3.63, 3.8) is 0 Å². The summed E-state index contributed by atoms with van der Waals surface area (Å²) in [6.07, 6.45) is 16.8.